The molecule has 0 radical (unpaired) electrons. The van der Waals surface area contributed by atoms with Crippen molar-refractivity contribution >= 4 is 0 Å². The van der Waals surface area contributed by atoms with Crippen molar-refractivity contribution in [2.24, 2.45) is 5.41 Å². The van der Waals surface area contributed by atoms with Gasteiger partial charge in [-0.25, -0.2) is 0 Å². The van der Waals surface area contributed by atoms with Crippen molar-refractivity contribution in [3.8, 4) is 0 Å². The Labute approximate surface area is 108 Å². The van der Waals surface area contributed by atoms with Gasteiger partial charge in [0.05, 0.1) is 0 Å². The van der Waals surface area contributed by atoms with Gasteiger partial charge in [0.25, 0.3) is 0 Å². The molecule has 0 aromatic rings. The summed E-state index contributed by atoms with van der Waals surface area (Å²) in [6.45, 7) is 15.3. The van der Waals surface area contributed by atoms with E-state index in [1.807, 2.05) is 0 Å². The lowest BCUT2D eigenvalue weighted by Crippen LogP contribution is -2.59. The van der Waals surface area contributed by atoms with E-state index >= 15 is 0 Å². The van der Waals surface area contributed by atoms with Crippen molar-refractivity contribution in [1.29, 1.82) is 0 Å². The molecule has 1 heterocycles. The molecular formula is C15H32N2. The van der Waals surface area contributed by atoms with Gasteiger partial charge in [-0.2, -0.15) is 0 Å². The lowest BCUT2D eigenvalue weighted by atomic mass is 9.85. The third-order valence-electron chi connectivity index (χ3n) is 4.04. The summed E-state index contributed by atoms with van der Waals surface area (Å²) in [6, 6.07) is 1.35. The molecule has 102 valence electrons. The molecule has 0 spiro atoms. The minimum absolute atomic E-state index is 0.377. The summed E-state index contributed by atoms with van der Waals surface area (Å²) in [5.41, 5.74) is 0.377. The van der Waals surface area contributed by atoms with Crippen LogP contribution in [0.15, 0.2) is 0 Å². The summed E-state index contributed by atoms with van der Waals surface area (Å²) in [5.74, 6) is 0. The lowest BCUT2D eigenvalue weighted by Gasteiger charge is -2.44. The number of nitrogens with one attached hydrogen (secondary N) is 1. The average molecular weight is 240 g/mol. The van der Waals surface area contributed by atoms with Crippen LogP contribution < -0.4 is 5.32 Å². The van der Waals surface area contributed by atoms with E-state index in [0.29, 0.717) is 17.5 Å². The first kappa shape index (κ1) is 15.0. The number of nitrogens with zero attached hydrogens (tertiary/aromatic N) is 1. The van der Waals surface area contributed by atoms with Crippen LogP contribution in [-0.2, 0) is 0 Å². The molecule has 1 aliphatic rings. The molecule has 17 heavy (non-hydrogen) atoms. The SMILES string of the molecule is CCCCCCN1CC(C(C)(C)C)NCC1C. The van der Waals surface area contributed by atoms with Gasteiger partial charge in [0.1, 0.15) is 0 Å². The van der Waals surface area contributed by atoms with Gasteiger partial charge in [-0.1, -0.05) is 47.0 Å². The van der Waals surface area contributed by atoms with E-state index in [0.717, 1.165) is 6.54 Å². The second kappa shape index (κ2) is 6.75. The Morgan fingerprint density at radius 1 is 1.18 bits per heavy atom. The van der Waals surface area contributed by atoms with Gasteiger partial charge >= 0.3 is 0 Å². The fraction of sp³-hybridized carbons (Fsp3) is 1.00. The van der Waals surface area contributed by atoms with Gasteiger partial charge in [0.15, 0.2) is 0 Å². The quantitative estimate of drug-likeness (QED) is 0.742. The fourth-order valence-electron chi connectivity index (χ4n) is 2.55. The maximum absolute atomic E-state index is 3.70. The van der Waals surface area contributed by atoms with Crippen LogP contribution in [0.3, 0.4) is 0 Å². The van der Waals surface area contributed by atoms with Crippen LogP contribution in [0.25, 0.3) is 0 Å². The van der Waals surface area contributed by atoms with Crippen LogP contribution >= 0.6 is 0 Å². The number of hydrogen-bond acceptors (Lipinski definition) is 2. The molecule has 1 N–H and O–H groups in total. The van der Waals surface area contributed by atoms with Crippen molar-refractivity contribution in [2.45, 2.75) is 72.4 Å². The summed E-state index contributed by atoms with van der Waals surface area (Å²) in [7, 11) is 0. The van der Waals surface area contributed by atoms with Crippen LogP contribution in [0.4, 0.5) is 0 Å². The minimum atomic E-state index is 0.377. The van der Waals surface area contributed by atoms with Crippen LogP contribution in [0.5, 0.6) is 0 Å². The zero-order valence-corrected chi connectivity index (χ0v) is 12.6. The van der Waals surface area contributed by atoms with E-state index in [2.05, 4.69) is 44.8 Å². The van der Waals surface area contributed by atoms with Crippen LogP contribution in [0, 0.1) is 5.41 Å². The van der Waals surface area contributed by atoms with Crippen molar-refractivity contribution in [1.82, 2.24) is 10.2 Å². The summed E-state index contributed by atoms with van der Waals surface area (Å²) in [6.07, 6.45) is 5.49. The molecule has 0 aliphatic carbocycles. The van der Waals surface area contributed by atoms with Crippen molar-refractivity contribution in [2.75, 3.05) is 19.6 Å². The third kappa shape index (κ3) is 4.97. The van der Waals surface area contributed by atoms with Gasteiger partial charge < -0.3 is 5.32 Å². The molecule has 1 rings (SSSR count). The first-order chi connectivity index (χ1) is 7.95. The Kier molecular flexibility index (Phi) is 5.94. The standard InChI is InChI=1S/C15H32N2/c1-6-7-8-9-10-17-12-14(15(3,4)5)16-11-13(17)2/h13-14,16H,6-12H2,1-5H3. The van der Waals surface area contributed by atoms with Gasteiger partial charge in [-0.15, -0.1) is 0 Å². The summed E-state index contributed by atoms with van der Waals surface area (Å²) < 4.78 is 0. The average Bonchev–Trinajstić information content (AvgIpc) is 2.25. The molecule has 0 aromatic heterocycles. The highest BCUT2D eigenvalue weighted by atomic mass is 15.2. The zero-order valence-electron chi connectivity index (χ0n) is 12.6. The van der Waals surface area contributed by atoms with E-state index in [9.17, 15) is 0 Å². The number of unbranched alkanes of at least 4 members (excludes halogenated alkanes) is 3. The number of rotatable bonds is 5. The number of hydrogen-bond donors (Lipinski definition) is 1. The number of piperazine rings is 1. The highest BCUT2D eigenvalue weighted by molar-refractivity contribution is 4.90. The first-order valence-electron chi connectivity index (χ1n) is 7.42. The highest BCUT2D eigenvalue weighted by Crippen LogP contribution is 2.23. The molecule has 2 unspecified atom stereocenters. The minimum Gasteiger partial charge on any atom is -0.311 e. The summed E-state index contributed by atoms with van der Waals surface area (Å²) in [4.78, 5) is 2.68. The van der Waals surface area contributed by atoms with Crippen molar-refractivity contribution < 1.29 is 0 Å². The third-order valence-corrected chi connectivity index (χ3v) is 4.04. The molecule has 2 heteroatoms. The maximum atomic E-state index is 3.70. The van der Waals surface area contributed by atoms with Gasteiger partial charge in [0, 0.05) is 25.2 Å². The molecule has 1 aliphatic heterocycles. The van der Waals surface area contributed by atoms with Gasteiger partial charge in [-0.3, -0.25) is 4.90 Å². The van der Waals surface area contributed by atoms with Crippen molar-refractivity contribution in [3.63, 3.8) is 0 Å². The van der Waals surface area contributed by atoms with E-state index in [1.54, 1.807) is 0 Å². The normalized spacial score (nSPS) is 27.4. The van der Waals surface area contributed by atoms with E-state index < -0.39 is 0 Å². The molecule has 2 atom stereocenters. The molecule has 1 fully saturated rings. The van der Waals surface area contributed by atoms with Crippen LogP contribution in [0.2, 0.25) is 0 Å². The maximum Gasteiger partial charge on any atom is 0.0244 e. The molecule has 0 aromatic carbocycles. The molecule has 0 amide bonds. The highest BCUT2D eigenvalue weighted by Gasteiger charge is 2.31. The molecular weight excluding hydrogens is 208 g/mol. The second-order valence-electron chi connectivity index (χ2n) is 6.73. The predicted octanol–water partition coefficient (Wildman–Crippen LogP) is 3.28. The molecule has 1 saturated heterocycles. The monoisotopic (exact) mass is 240 g/mol. The summed E-state index contributed by atoms with van der Waals surface area (Å²) >= 11 is 0. The van der Waals surface area contributed by atoms with Crippen molar-refractivity contribution in [3.05, 3.63) is 0 Å². The molecule has 0 saturated carbocycles. The van der Waals surface area contributed by atoms with Crippen LogP contribution in [-0.4, -0.2) is 36.6 Å². The predicted molar refractivity (Wildman–Crippen MR) is 76.4 cm³/mol. The zero-order chi connectivity index (χ0) is 12.9. The summed E-state index contributed by atoms with van der Waals surface area (Å²) in [5, 5.41) is 3.70. The Morgan fingerprint density at radius 2 is 1.88 bits per heavy atom. The van der Waals surface area contributed by atoms with E-state index in [-0.39, 0.29) is 0 Å². The second-order valence-corrected chi connectivity index (χ2v) is 6.73. The van der Waals surface area contributed by atoms with Gasteiger partial charge in [-0.05, 0) is 25.3 Å². The van der Waals surface area contributed by atoms with E-state index in [1.165, 1.54) is 38.8 Å². The largest absolute Gasteiger partial charge is 0.311 e. The van der Waals surface area contributed by atoms with E-state index in [4.69, 9.17) is 0 Å². The van der Waals surface area contributed by atoms with Gasteiger partial charge in [0.2, 0.25) is 0 Å². The lowest BCUT2D eigenvalue weighted by molar-refractivity contribution is 0.0921. The van der Waals surface area contributed by atoms with Crippen LogP contribution in [0.1, 0.15) is 60.3 Å². The Balaban J connectivity index is 2.36. The topological polar surface area (TPSA) is 15.3 Å². The fourth-order valence-corrected chi connectivity index (χ4v) is 2.55. The Bertz CT molecular complexity index is 207. The molecule has 0 bridgehead atoms. The Hall–Kier alpha value is -0.0800. The first-order valence-corrected chi connectivity index (χ1v) is 7.42. The Morgan fingerprint density at radius 3 is 2.47 bits per heavy atom. The molecule has 2 nitrogen and oxygen atoms in total. The smallest absolute Gasteiger partial charge is 0.0244 e.